The van der Waals surface area contributed by atoms with Crippen LogP contribution in [0.25, 0.3) is 5.82 Å². The predicted molar refractivity (Wildman–Crippen MR) is 118 cm³/mol. The van der Waals surface area contributed by atoms with E-state index in [4.69, 9.17) is 11.5 Å². The zero-order valence-electron chi connectivity index (χ0n) is 16.5. The average Bonchev–Trinajstić information content (AvgIpc) is 3.15. The van der Waals surface area contributed by atoms with E-state index in [0.29, 0.717) is 24.0 Å². The zero-order valence-corrected chi connectivity index (χ0v) is 16.5. The molecule has 0 aliphatic heterocycles. The monoisotopic (exact) mass is 415 g/mol. The third-order valence-corrected chi connectivity index (χ3v) is 4.48. The first-order valence-electron chi connectivity index (χ1n) is 9.55. The maximum atomic E-state index is 12.0. The van der Waals surface area contributed by atoms with Gasteiger partial charge in [-0.25, -0.2) is 9.97 Å². The Morgan fingerprint density at radius 1 is 1.03 bits per heavy atom. The molecule has 0 saturated carbocycles. The normalized spacial score (nSPS) is 11.6. The zero-order chi connectivity index (χ0) is 21.6. The van der Waals surface area contributed by atoms with E-state index in [1.54, 1.807) is 6.07 Å². The van der Waals surface area contributed by atoms with E-state index in [1.165, 1.54) is 11.0 Å². The van der Waals surface area contributed by atoms with Gasteiger partial charge in [0, 0.05) is 18.2 Å². The lowest BCUT2D eigenvalue weighted by molar-refractivity contribution is -0.118. The molecule has 0 bridgehead atoms. The second kappa shape index (κ2) is 8.91. The molecule has 1 unspecified atom stereocenters. The lowest BCUT2D eigenvalue weighted by Gasteiger charge is -2.16. The first kappa shape index (κ1) is 19.8. The maximum Gasteiger partial charge on any atom is 0.248 e. The SMILES string of the molecule is NC(=O)C(Cc1ccccc1)Nc1cc(-n2nc(Nc3ccccc3)nc2N)ncn1. The Labute approximate surface area is 178 Å². The molecular weight excluding hydrogens is 394 g/mol. The number of carbonyl (C=O) groups is 1. The van der Waals surface area contributed by atoms with Crippen LogP contribution in [0.1, 0.15) is 5.56 Å². The van der Waals surface area contributed by atoms with Gasteiger partial charge in [-0.15, -0.1) is 5.10 Å². The van der Waals surface area contributed by atoms with Crippen molar-refractivity contribution in [1.29, 1.82) is 0 Å². The first-order valence-corrected chi connectivity index (χ1v) is 9.55. The fourth-order valence-electron chi connectivity index (χ4n) is 2.99. The lowest BCUT2D eigenvalue weighted by Crippen LogP contribution is -2.37. The van der Waals surface area contributed by atoms with Crippen LogP contribution < -0.4 is 22.1 Å². The summed E-state index contributed by atoms with van der Waals surface area (Å²) < 4.78 is 1.38. The summed E-state index contributed by atoms with van der Waals surface area (Å²) in [6, 6.07) is 20.1. The van der Waals surface area contributed by atoms with Crippen LogP contribution in [-0.2, 0) is 11.2 Å². The fourth-order valence-corrected chi connectivity index (χ4v) is 2.99. The van der Waals surface area contributed by atoms with Gasteiger partial charge in [-0.2, -0.15) is 9.67 Å². The minimum atomic E-state index is -0.645. The van der Waals surface area contributed by atoms with E-state index >= 15 is 0 Å². The standard InChI is InChI=1S/C21H21N9O/c22-19(31)16(11-14-7-3-1-4-8-14)27-17-12-18(25-13-24-17)30-20(23)28-21(29-30)26-15-9-5-2-6-10-15/h1-10,12-13,16H,11H2,(H2,22,31)(H,24,25,27)(H3,23,26,28,29). The second-order valence-corrected chi connectivity index (χ2v) is 6.75. The highest BCUT2D eigenvalue weighted by Gasteiger charge is 2.18. The molecule has 1 atom stereocenters. The van der Waals surface area contributed by atoms with E-state index < -0.39 is 11.9 Å². The van der Waals surface area contributed by atoms with Gasteiger partial charge in [-0.3, -0.25) is 4.79 Å². The molecule has 2 heterocycles. The predicted octanol–water partition coefficient (Wildman–Crippen LogP) is 1.89. The summed E-state index contributed by atoms with van der Waals surface area (Å²) in [5.74, 6) is 0.803. The second-order valence-electron chi connectivity index (χ2n) is 6.75. The Morgan fingerprint density at radius 2 is 1.74 bits per heavy atom. The number of nitrogen functional groups attached to an aromatic ring is 1. The van der Waals surface area contributed by atoms with Crippen LogP contribution in [0, 0.1) is 0 Å². The molecule has 1 amide bonds. The molecule has 6 N–H and O–H groups in total. The maximum absolute atomic E-state index is 12.0. The highest BCUT2D eigenvalue weighted by molar-refractivity contribution is 5.83. The van der Waals surface area contributed by atoms with Crippen molar-refractivity contribution in [1.82, 2.24) is 24.7 Å². The molecule has 4 rings (SSSR count). The van der Waals surface area contributed by atoms with E-state index in [9.17, 15) is 4.79 Å². The van der Waals surface area contributed by atoms with Gasteiger partial charge >= 0.3 is 0 Å². The minimum Gasteiger partial charge on any atom is -0.368 e. The lowest BCUT2D eigenvalue weighted by atomic mass is 10.1. The Kier molecular flexibility index (Phi) is 5.70. The van der Waals surface area contributed by atoms with E-state index in [-0.39, 0.29) is 5.95 Å². The highest BCUT2D eigenvalue weighted by atomic mass is 16.1. The minimum absolute atomic E-state index is 0.152. The number of rotatable bonds is 8. The van der Waals surface area contributed by atoms with Crippen LogP contribution in [0.4, 0.5) is 23.4 Å². The molecule has 4 aromatic rings. The van der Waals surface area contributed by atoms with Gasteiger partial charge in [0.05, 0.1) is 0 Å². The van der Waals surface area contributed by atoms with Gasteiger partial charge in [-0.05, 0) is 17.7 Å². The van der Waals surface area contributed by atoms with Crippen LogP contribution in [-0.4, -0.2) is 36.7 Å². The van der Waals surface area contributed by atoms with Crippen molar-refractivity contribution in [3.63, 3.8) is 0 Å². The molecule has 0 aliphatic carbocycles. The van der Waals surface area contributed by atoms with Gasteiger partial charge in [0.2, 0.25) is 17.8 Å². The van der Waals surface area contributed by atoms with Gasteiger partial charge in [-0.1, -0.05) is 48.5 Å². The number of primary amides is 1. The van der Waals surface area contributed by atoms with Crippen molar-refractivity contribution in [3.8, 4) is 5.82 Å². The van der Waals surface area contributed by atoms with Crippen molar-refractivity contribution >= 4 is 29.3 Å². The molecule has 0 fully saturated rings. The quantitative estimate of drug-likeness (QED) is 0.341. The number of nitrogens with two attached hydrogens (primary N) is 2. The molecule has 156 valence electrons. The number of carbonyl (C=O) groups excluding carboxylic acids is 1. The van der Waals surface area contributed by atoms with Crippen LogP contribution in [0.3, 0.4) is 0 Å². The van der Waals surface area contributed by atoms with Crippen molar-refractivity contribution in [2.45, 2.75) is 12.5 Å². The summed E-state index contributed by atoms with van der Waals surface area (Å²) in [6.45, 7) is 0. The van der Waals surface area contributed by atoms with Crippen LogP contribution >= 0.6 is 0 Å². The number of amides is 1. The average molecular weight is 415 g/mol. The molecular formula is C21H21N9O. The number of hydrogen-bond donors (Lipinski definition) is 4. The molecule has 2 aromatic carbocycles. The Hall–Kier alpha value is -4.47. The third-order valence-electron chi connectivity index (χ3n) is 4.48. The summed E-state index contributed by atoms with van der Waals surface area (Å²) >= 11 is 0. The van der Waals surface area contributed by atoms with Crippen LogP contribution in [0.15, 0.2) is 73.1 Å². The topological polar surface area (TPSA) is 150 Å². The highest BCUT2D eigenvalue weighted by Crippen LogP contribution is 2.18. The Balaban J connectivity index is 1.53. The number of anilines is 4. The molecule has 0 radical (unpaired) electrons. The summed E-state index contributed by atoms with van der Waals surface area (Å²) in [5.41, 5.74) is 13.4. The summed E-state index contributed by atoms with van der Waals surface area (Å²) in [4.78, 5) is 24.6. The number of aromatic nitrogens is 5. The van der Waals surface area contributed by atoms with Gasteiger partial charge in [0.1, 0.15) is 18.2 Å². The van der Waals surface area contributed by atoms with Crippen LogP contribution in [0.5, 0.6) is 0 Å². The van der Waals surface area contributed by atoms with Crippen molar-refractivity contribution < 1.29 is 4.79 Å². The molecule has 0 saturated heterocycles. The largest absolute Gasteiger partial charge is 0.368 e. The molecule has 0 aliphatic rings. The Morgan fingerprint density at radius 3 is 2.45 bits per heavy atom. The van der Waals surface area contributed by atoms with Gasteiger partial charge < -0.3 is 22.1 Å². The number of nitrogens with zero attached hydrogens (tertiary/aromatic N) is 5. The number of para-hydroxylation sites is 1. The van der Waals surface area contributed by atoms with Crippen molar-refractivity contribution in [2.24, 2.45) is 5.73 Å². The smallest absolute Gasteiger partial charge is 0.248 e. The fraction of sp³-hybridized carbons (Fsp3) is 0.0952. The van der Waals surface area contributed by atoms with Gasteiger partial charge in [0.15, 0.2) is 5.82 Å². The molecule has 2 aromatic heterocycles. The molecule has 10 nitrogen and oxygen atoms in total. The first-order chi connectivity index (χ1) is 15.1. The summed E-state index contributed by atoms with van der Waals surface area (Å²) in [5, 5.41) is 10.5. The van der Waals surface area contributed by atoms with Crippen molar-refractivity contribution in [2.75, 3.05) is 16.4 Å². The van der Waals surface area contributed by atoms with E-state index in [2.05, 4.69) is 30.7 Å². The van der Waals surface area contributed by atoms with Crippen LogP contribution in [0.2, 0.25) is 0 Å². The number of hydrogen-bond acceptors (Lipinski definition) is 8. The Bertz CT molecular complexity index is 1160. The van der Waals surface area contributed by atoms with E-state index in [0.717, 1.165) is 11.3 Å². The van der Waals surface area contributed by atoms with Crippen molar-refractivity contribution in [3.05, 3.63) is 78.6 Å². The molecule has 0 spiro atoms. The number of benzene rings is 2. The molecule has 10 heteroatoms. The third kappa shape index (κ3) is 4.93. The summed E-state index contributed by atoms with van der Waals surface area (Å²) in [7, 11) is 0. The van der Waals surface area contributed by atoms with E-state index in [1.807, 2.05) is 60.7 Å². The number of nitrogens with one attached hydrogen (secondary N) is 2. The summed E-state index contributed by atoms with van der Waals surface area (Å²) in [6.07, 6.45) is 1.77. The van der Waals surface area contributed by atoms with Gasteiger partial charge in [0.25, 0.3) is 0 Å². The molecule has 31 heavy (non-hydrogen) atoms.